The molecule has 1 unspecified atom stereocenters. The average Bonchev–Trinajstić information content (AvgIpc) is 2.87. The first-order valence-corrected chi connectivity index (χ1v) is 14.1. The minimum Gasteiger partial charge on any atom is -0.351 e. The molecule has 3 amide bonds. The number of piperidine rings is 2. The van der Waals surface area contributed by atoms with Crippen LogP contribution in [0.3, 0.4) is 0 Å². The van der Waals surface area contributed by atoms with Gasteiger partial charge in [-0.3, -0.25) is 4.79 Å². The molecule has 0 spiro atoms. The Morgan fingerprint density at radius 2 is 1.81 bits per heavy atom. The Balaban J connectivity index is 1.69. The maximum Gasteiger partial charge on any atom is 0.314 e. The highest BCUT2D eigenvalue weighted by atomic mass is 79.9. The van der Waals surface area contributed by atoms with Gasteiger partial charge in [0.15, 0.2) is 0 Å². The van der Waals surface area contributed by atoms with Gasteiger partial charge in [-0.25, -0.2) is 4.79 Å². The van der Waals surface area contributed by atoms with E-state index in [0.717, 1.165) is 55.9 Å². The normalized spacial score (nSPS) is 19.1. The molecule has 0 saturated carbocycles. The minimum absolute atomic E-state index is 0.133. The highest BCUT2D eigenvalue weighted by molar-refractivity contribution is 9.10. The zero-order valence-electron chi connectivity index (χ0n) is 20.7. The van der Waals surface area contributed by atoms with Gasteiger partial charge in [0.05, 0.1) is 5.03 Å². The van der Waals surface area contributed by atoms with Crippen molar-refractivity contribution in [1.82, 2.24) is 9.80 Å². The Morgan fingerprint density at radius 1 is 1.17 bits per heavy atom. The topological polar surface area (TPSA) is 90.5 Å². The van der Waals surface area contributed by atoms with E-state index in [1.165, 1.54) is 11.1 Å². The largest absolute Gasteiger partial charge is 0.351 e. The number of carbonyl (C=O) groups excluding carboxylic acids is 2. The highest BCUT2D eigenvalue weighted by Crippen LogP contribution is 2.41. The molecule has 1 aromatic carbocycles. The summed E-state index contributed by atoms with van der Waals surface area (Å²) in [6.07, 6.45) is 11.8. The van der Waals surface area contributed by atoms with Crippen molar-refractivity contribution in [3.05, 3.63) is 56.0 Å². The lowest BCUT2D eigenvalue weighted by atomic mass is 9.77. The number of halogens is 3. The molecule has 0 bridgehead atoms. The van der Waals surface area contributed by atoms with Gasteiger partial charge in [-0.2, -0.15) is 0 Å². The lowest BCUT2D eigenvalue weighted by Gasteiger charge is -2.37. The number of benzene rings is 1. The molecule has 0 radical (unpaired) electrons. The molecule has 1 aromatic rings. The van der Waals surface area contributed by atoms with Gasteiger partial charge in [0, 0.05) is 54.2 Å². The SMILES string of the molecule is CCc1cc(Cl)cc(Br)c1C(/C=C/C=C(/Cl)C=N)C1CCN(C(=O)CC2CCN(C(N)=O)CC2)CC1. The van der Waals surface area contributed by atoms with Crippen LogP contribution in [0.15, 0.2) is 39.9 Å². The third-order valence-corrected chi connectivity index (χ3v) is 8.51. The van der Waals surface area contributed by atoms with Crippen molar-refractivity contribution in [3.8, 4) is 0 Å². The Labute approximate surface area is 232 Å². The Morgan fingerprint density at radius 3 is 2.39 bits per heavy atom. The van der Waals surface area contributed by atoms with Gasteiger partial charge in [0.1, 0.15) is 0 Å². The molecule has 2 aliphatic rings. The molecule has 2 heterocycles. The van der Waals surface area contributed by atoms with Crippen molar-refractivity contribution in [2.75, 3.05) is 26.2 Å². The number of aryl methyl sites for hydroxylation is 1. The van der Waals surface area contributed by atoms with Crippen LogP contribution in [0.25, 0.3) is 0 Å². The van der Waals surface area contributed by atoms with Crippen molar-refractivity contribution in [2.45, 2.75) is 51.4 Å². The van der Waals surface area contributed by atoms with E-state index in [1.807, 2.05) is 23.1 Å². The van der Waals surface area contributed by atoms with Crippen molar-refractivity contribution >= 4 is 57.3 Å². The number of nitrogens with one attached hydrogen (secondary N) is 1. The number of urea groups is 1. The maximum absolute atomic E-state index is 13.0. The van der Waals surface area contributed by atoms with Crippen LogP contribution in [-0.2, 0) is 11.2 Å². The van der Waals surface area contributed by atoms with Crippen molar-refractivity contribution in [1.29, 1.82) is 5.41 Å². The molecule has 2 aliphatic heterocycles. The Kier molecular flexibility index (Phi) is 10.9. The molecule has 6 nitrogen and oxygen atoms in total. The molecular weight excluding hydrogens is 563 g/mol. The van der Waals surface area contributed by atoms with Crippen LogP contribution in [0.4, 0.5) is 4.79 Å². The fourth-order valence-electron chi connectivity index (χ4n) is 5.35. The van der Waals surface area contributed by atoms with Crippen LogP contribution < -0.4 is 5.73 Å². The quantitative estimate of drug-likeness (QED) is 0.265. The van der Waals surface area contributed by atoms with Gasteiger partial charge < -0.3 is 20.9 Å². The van der Waals surface area contributed by atoms with Gasteiger partial charge in [-0.1, -0.05) is 58.2 Å². The van der Waals surface area contributed by atoms with E-state index >= 15 is 0 Å². The Bertz CT molecular complexity index is 1010. The number of rotatable bonds is 8. The number of nitrogens with zero attached hydrogens (tertiary/aromatic N) is 2. The third kappa shape index (κ3) is 7.59. The van der Waals surface area contributed by atoms with Gasteiger partial charge in [0.2, 0.25) is 5.91 Å². The zero-order valence-corrected chi connectivity index (χ0v) is 23.8. The first-order chi connectivity index (χ1) is 17.2. The molecule has 36 heavy (non-hydrogen) atoms. The number of hydrogen-bond donors (Lipinski definition) is 2. The van der Waals surface area contributed by atoms with Crippen molar-refractivity contribution in [2.24, 2.45) is 17.6 Å². The van der Waals surface area contributed by atoms with Crippen LogP contribution in [-0.4, -0.2) is 54.1 Å². The van der Waals surface area contributed by atoms with E-state index in [0.29, 0.717) is 41.4 Å². The lowest BCUT2D eigenvalue weighted by Crippen LogP contribution is -2.44. The number of hydrogen-bond acceptors (Lipinski definition) is 3. The summed E-state index contributed by atoms with van der Waals surface area (Å²) >= 11 is 16.1. The molecule has 0 aromatic heterocycles. The summed E-state index contributed by atoms with van der Waals surface area (Å²) in [5.41, 5.74) is 7.80. The van der Waals surface area contributed by atoms with Crippen molar-refractivity contribution < 1.29 is 9.59 Å². The van der Waals surface area contributed by atoms with Crippen molar-refractivity contribution in [3.63, 3.8) is 0 Å². The number of likely N-dealkylation sites (tertiary alicyclic amines) is 2. The summed E-state index contributed by atoms with van der Waals surface area (Å²) in [7, 11) is 0. The number of nitrogens with two attached hydrogens (primary N) is 1. The molecule has 3 N–H and O–H groups in total. The van der Waals surface area contributed by atoms with Gasteiger partial charge >= 0.3 is 6.03 Å². The summed E-state index contributed by atoms with van der Waals surface area (Å²) in [4.78, 5) is 28.0. The maximum atomic E-state index is 13.0. The summed E-state index contributed by atoms with van der Waals surface area (Å²) in [6, 6.07) is 3.60. The van der Waals surface area contributed by atoms with E-state index in [-0.39, 0.29) is 17.9 Å². The van der Waals surface area contributed by atoms with E-state index in [2.05, 4.69) is 28.9 Å². The number of carbonyl (C=O) groups is 2. The molecule has 9 heteroatoms. The second-order valence-corrected chi connectivity index (χ2v) is 11.3. The molecule has 1 atom stereocenters. The lowest BCUT2D eigenvalue weighted by molar-refractivity contribution is -0.134. The van der Waals surface area contributed by atoms with E-state index in [9.17, 15) is 9.59 Å². The second kappa shape index (κ2) is 13.6. The molecule has 0 aliphatic carbocycles. The van der Waals surface area contributed by atoms with E-state index in [1.54, 1.807) is 11.0 Å². The first kappa shape index (κ1) is 28.7. The van der Waals surface area contributed by atoms with E-state index < -0.39 is 0 Å². The molecule has 3 rings (SSSR count). The summed E-state index contributed by atoms with van der Waals surface area (Å²) in [5.74, 6) is 1.01. The molecule has 2 saturated heterocycles. The minimum atomic E-state index is -0.375. The number of allylic oxidation sites excluding steroid dienone is 4. The third-order valence-electron chi connectivity index (χ3n) is 7.40. The number of primary amides is 1. The van der Waals surface area contributed by atoms with Gasteiger partial charge in [-0.05, 0) is 73.3 Å². The number of amides is 3. The fraction of sp³-hybridized carbons (Fsp3) is 0.519. The summed E-state index contributed by atoms with van der Waals surface area (Å²) in [5, 5.41) is 8.40. The monoisotopic (exact) mass is 596 g/mol. The fourth-order valence-corrected chi connectivity index (χ4v) is 6.56. The summed E-state index contributed by atoms with van der Waals surface area (Å²) in [6.45, 7) is 4.87. The molecular formula is C27H35BrCl2N4O2. The summed E-state index contributed by atoms with van der Waals surface area (Å²) < 4.78 is 0.990. The average molecular weight is 598 g/mol. The van der Waals surface area contributed by atoms with Crippen LogP contribution in [0.5, 0.6) is 0 Å². The van der Waals surface area contributed by atoms with Gasteiger partial charge in [-0.15, -0.1) is 0 Å². The van der Waals surface area contributed by atoms with Crippen LogP contribution >= 0.6 is 39.1 Å². The molecule has 196 valence electrons. The predicted molar refractivity (Wildman–Crippen MR) is 151 cm³/mol. The van der Waals surface area contributed by atoms with Crippen LogP contribution in [0, 0.1) is 17.2 Å². The second-order valence-electron chi connectivity index (χ2n) is 9.61. The highest BCUT2D eigenvalue weighted by Gasteiger charge is 2.32. The first-order valence-electron chi connectivity index (χ1n) is 12.6. The smallest absolute Gasteiger partial charge is 0.314 e. The van der Waals surface area contributed by atoms with Gasteiger partial charge in [0.25, 0.3) is 0 Å². The zero-order chi connectivity index (χ0) is 26.2. The van der Waals surface area contributed by atoms with Crippen LogP contribution in [0.2, 0.25) is 5.02 Å². The molecule has 2 fully saturated rings. The predicted octanol–water partition coefficient (Wildman–Crippen LogP) is 6.50. The standard InChI is InChI=1S/C27H35BrCl2N4O2/c1-2-19-15-22(30)16-24(28)26(19)23(5-3-4-21(29)17-31)20-8-12-33(13-9-20)25(35)14-18-6-10-34(11-7-18)27(32)36/h3-5,15-18,20,23,31H,2,6-14H2,1H3,(H2,32,36)/b5-3+,21-4+,31-17?. The van der Waals surface area contributed by atoms with Crippen LogP contribution in [0.1, 0.15) is 56.1 Å². The Hall–Kier alpha value is -1.83. The van der Waals surface area contributed by atoms with E-state index in [4.69, 9.17) is 34.3 Å².